The zero-order chi connectivity index (χ0) is 17.8. The summed E-state index contributed by atoms with van der Waals surface area (Å²) >= 11 is 0. The zero-order valence-corrected chi connectivity index (χ0v) is 14.1. The number of anilines is 1. The predicted octanol–water partition coefficient (Wildman–Crippen LogP) is 2.85. The van der Waals surface area contributed by atoms with Crippen molar-refractivity contribution in [2.45, 2.75) is 13.3 Å². The Balaban J connectivity index is 1.84. The molecular formula is C19H19NO5. The van der Waals surface area contributed by atoms with Crippen LogP contribution in [0.4, 0.5) is 5.69 Å². The maximum absolute atomic E-state index is 12.4. The fourth-order valence-electron chi connectivity index (χ4n) is 2.70. The Morgan fingerprint density at radius 3 is 2.48 bits per heavy atom. The number of ketones is 1. The van der Waals surface area contributed by atoms with Crippen molar-refractivity contribution in [1.82, 2.24) is 0 Å². The molecule has 0 unspecified atom stereocenters. The number of methoxy groups -OCH3 is 1. The van der Waals surface area contributed by atoms with E-state index in [0.29, 0.717) is 41.7 Å². The number of para-hydroxylation sites is 1. The van der Waals surface area contributed by atoms with Gasteiger partial charge in [-0.25, -0.2) is 0 Å². The van der Waals surface area contributed by atoms with Crippen molar-refractivity contribution >= 4 is 17.4 Å². The molecule has 1 N–H and O–H groups in total. The SMILES string of the molecule is COc1ccccc1CC(=O)Nc1cc2c(cc1C(C)=O)OCCO2. The maximum Gasteiger partial charge on any atom is 0.228 e. The van der Waals surface area contributed by atoms with E-state index in [0.717, 1.165) is 5.56 Å². The van der Waals surface area contributed by atoms with Crippen LogP contribution in [-0.2, 0) is 11.2 Å². The first kappa shape index (κ1) is 16.8. The van der Waals surface area contributed by atoms with Gasteiger partial charge in [0.2, 0.25) is 5.91 Å². The lowest BCUT2D eigenvalue weighted by Gasteiger charge is -2.21. The van der Waals surface area contributed by atoms with Crippen molar-refractivity contribution in [3.63, 3.8) is 0 Å². The van der Waals surface area contributed by atoms with Crippen molar-refractivity contribution in [3.8, 4) is 17.2 Å². The summed E-state index contributed by atoms with van der Waals surface area (Å²) < 4.78 is 16.3. The molecule has 0 atom stereocenters. The third-order valence-corrected chi connectivity index (χ3v) is 3.88. The first-order valence-electron chi connectivity index (χ1n) is 7.95. The topological polar surface area (TPSA) is 73.9 Å². The highest BCUT2D eigenvalue weighted by Gasteiger charge is 2.19. The Morgan fingerprint density at radius 2 is 1.80 bits per heavy atom. The molecule has 25 heavy (non-hydrogen) atoms. The molecule has 0 bridgehead atoms. The van der Waals surface area contributed by atoms with E-state index in [2.05, 4.69) is 5.32 Å². The van der Waals surface area contributed by atoms with Gasteiger partial charge in [0, 0.05) is 17.2 Å². The van der Waals surface area contributed by atoms with Crippen LogP contribution >= 0.6 is 0 Å². The minimum Gasteiger partial charge on any atom is -0.496 e. The number of ether oxygens (including phenoxy) is 3. The monoisotopic (exact) mass is 341 g/mol. The first-order valence-corrected chi connectivity index (χ1v) is 7.95. The first-order chi connectivity index (χ1) is 12.1. The van der Waals surface area contributed by atoms with Gasteiger partial charge >= 0.3 is 0 Å². The number of Topliss-reactive ketones (excluding diaryl/α,β-unsaturated/α-hetero) is 1. The number of hydrogen-bond acceptors (Lipinski definition) is 5. The summed E-state index contributed by atoms with van der Waals surface area (Å²) in [4.78, 5) is 24.4. The maximum atomic E-state index is 12.4. The minimum atomic E-state index is -0.247. The number of nitrogens with one attached hydrogen (secondary N) is 1. The lowest BCUT2D eigenvalue weighted by atomic mass is 10.1. The summed E-state index contributed by atoms with van der Waals surface area (Å²) in [6, 6.07) is 10.5. The standard InChI is InChI=1S/C19H19NO5/c1-12(21)14-10-17-18(25-8-7-24-17)11-15(14)20-19(22)9-13-5-3-4-6-16(13)23-2/h3-6,10-11H,7-9H2,1-2H3,(H,20,22). The van der Waals surface area contributed by atoms with Gasteiger partial charge in [-0.05, 0) is 19.1 Å². The minimum absolute atomic E-state index is 0.135. The molecule has 0 fully saturated rings. The fourth-order valence-corrected chi connectivity index (χ4v) is 2.70. The van der Waals surface area contributed by atoms with Crippen LogP contribution in [0, 0.1) is 0 Å². The van der Waals surface area contributed by atoms with Crippen LogP contribution in [0.25, 0.3) is 0 Å². The third-order valence-electron chi connectivity index (χ3n) is 3.88. The summed E-state index contributed by atoms with van der Waals surface area (Å²) in [6.45, 7) is 2.31. The van der Waals surface area contributed by atoms with Crippen LogP contribution < -0.4 is 19.5 Å². The Bertz CT molecular complexity index is 815. The molecule has 2 aromatic carbocycles. The normalized spacial score (nSPS) is 12.4. The van der Waals surface area contributed by atoms with Gasteiger partial charge in [-0.2, -0.15) is 0 Å². The number of carbonyl (C=O) groups is 2. The van der Waals surface area contributed by atoms with Crippen LogP contribution in [0.5, 0.6) is 17.2 Å². The number of carbonyl (C=O) groups excluding carboxylic acids is 2. The molecule has 0 aliphatic carbocycles. The molecule has 0 spiro atoms. The highest BCUT2D eigenvalue weighted by molar-refractivity contribution is 6.05. The second-order valence-corrected chi connectivity index (χ2v) is 5.63. The second-order valence-electron chi connectivity index (χ2n) is 5.63. The van der Waals surface area contributed by atoms with Gasteiger partial charge in [-0.1, -0.05) is 18.2 Å². The van der Waals surface area contributed by atoms with Crippen LogP contribution in [0.1, 0.15) is 22.8 Å². The smallest absolute Gasteiger partial charge is 0.228 e. The Labute approximate surface area is 145 Å². The van der Waals surface area contributed by atoms with Crippen molar-refractivity contribution in [3.05, 3.63) is 47.5 Å². The molecule has 0 saturated heterocycles. The molecule has 130 valence electrons. The molecule has 6 nitrogen and oxygen atoms in total. The summed E-state index contributed by atoms with van der Waals surface area (Å²) in [5.41, 5.74) is 1.57. The average Bonchev–Trinajstić information content (AvgIpc) is 2.61. The van der Waals surface area contributed by atoms with Gasteiger partial charge in [0.25, 0.3) is 0 Å². The molecule has 0 saturated carbocycles. The quantitative estimate of drug-likeness (QED) is 0.847. The number of benzene rings is 2. The average molecular weight is 341 g/mol. The largest absolute Gasteiger partial charge is 0.496 e. The third kappa shape index (κ3) is 3.74. The van der Waals surface area contributed by atoms with Gasteiger partial charge < -0.3 is 19.5 Å². The molecular weight excluding hydrogens is 322 g/mol. The number of rotatable bonds is 5. The molecule has 1 heterocycles. The van der Waals surface area contributed by atoms with Gasteiger partial charge in [0.05, 0.1) is 19.2 Å². The molecule has 0 aromatic heterocycles. The van der Waals surface area contributed by atoms with Crippen LogP contribution in [0.3, 0.4) is 0 Å². The van der Waals surface area contributed by atoms with E-state index in [1.165, 1.54) is 6.92 Å². The number of hydrogen-bond donors (Lipinski definition) is 1. The van der Waals surface area contributed by atoms with Crippen molar-refractivity contribution in [2.24, 2.45) is 0 Å². The van der Waals surface area contributed by atoms with E-state index in [-0.39, 0.29) is 18.1 Å². The lowest BCUT2D eigenvalue weighted by Crippen LogP contribution is -2.19. The van der Waals surface area contributed by atoms with E-state index in [9.17, 15) is 9.59 Å². The lowest BCUT2D eigenvalue weighted by molar-refractivity contribution is -0.115. The van der Waals surface area contributed by atoms with Gasteiger partial charge in [-0.15, -0.1) is 0 Å². The fraction of sp³-hybridized carbons (Fsp3) is 0.263. The van der Waals surface area contributed by atoms with E-state index in [1.807, 2.05) is 18.2 Å². The molecule has 3 rings (SSSR count). The van der Waals surface area contributed by atoms with Crippen LogP contribution in [0.2, 0.25) is 0 Å². The molecule has 2 aromatic rings. The molecule has 1 amide bonds. The highest BCUT2D eigenvalue weighted by atomic mass is 16.6. The highest BCUT2D eigenvalue weighted by Crippen LogP contribution is 2.36. The Kier molecular flexibility index (Phi) is 4.88. The Morgan fingerprint density at radius 1 is 1.12 bits per heavy atom. The van der Waals surface area contributed by atoms with E-state index in [1.54, 1.807) is 25.3 Å². The van der Waals surface area contributed by atoms with E-state index >= 15 is 0 Å². The van der Waals surface area contributed by atoms with Crippen LogP contribution in [-0.4, -0.2) is 32.0 Å². The second kappa shape index (κ2) is 7.25. The van der Waals surface area contributed by atoms with Crippen molar-refractivity contribution < 1.29 is 23.8 Å². The van der Waals surface area contributed by atoms with E-state index < -0.39 is 0 Å². The predicted molar refractivity (Wildman–Crippen MR) is 92.8 cm³/mol. The van der Waals surface area contributed by atoms with Gasteiger partial charge in [0.1, 0.15) is 19.0 Å². The molecule has 0 radical (unpaired) electrons. The van der Waals surface area contributed by atoms with Gasteiger partial charge in [0.15, 0.2) is 17.3 Å². The van der Waals surface area contributed by atoms with E-state index in [4.69, 9.17) is 14.2 Å². The molecule has 6 heteroatoms. The summed E-state index contributed by atoms with van der Waals surface area (Å²) in [5.74, 6) is 1.27. The summed E-state index contributed by atoms with van der Waals surface area (Å²) in [7, 11) is 1.56. The molecule has 1 aliphatic rings. The van der Waals surface area contributed by atoms with Gasteiger partial charge in [-0.3, -0.25) is 9.59 Å². The summed E-state index contributed by atoms with van der Waals surface area (Å²) in [6.07, 6.45) is 0.135. The summed E-state index contributed by atoms with van der Waals surface area (Å²) in [5, 5.41) is 2.79. The van der Waals surface area contributed by atoms with Crippen molar-refractivity contribution in [1.29, 1.82) is 0 Å². The molecule has 1 aliphatic heterocycles. The van der Waals surface area contributed by atoms with Crippen molar-refractivity contribution in [2.75, 3.05) is 25.6 Å². The number of fused-ring (bicyclic) bond motifs is 1. The Hall–Kier alpha value is -3.02. The zero-order valence-electron chi connectivity index (χ0n) is 14.1. The van der Waals surface area contributed by atoms with Crippen LogP contribution in [0.15, 0.2) is 36.4 Å². The number of amides is 1.